The van der Waals surface area contributed by atoms with Crippen molar-refractivity contribution in [3.63, 3.8) is 0 Å². The Balaban J connectivity index is 1.95. The van der Waals surface area contributed by atoms with Crippen molar-refractivity contribution in [2.45, 2.75) is 26.3 Å². The van der Waals surface area contributed by atoms with Crippen LogP contribution >= 0.6 is 11.3 Å². The third kappa shape index (κ3) is 2.54. The maximum Gasteiger partial charge on any atom is 0.130 e. The number of para-hydroxylation sites is 1. The zero-order chi connectivity index (χ0) is 13.9. The van der Waals surface area contributed by atoms with Crippen molar-refractivity contribution in [3.05, 3.63) is 58.3 Å². The predicted molar refractivity (Wildman–Crippen MR) is 87.5 cm³/mol. The van der Waals surface area contributed by atoms with Gasteiger partial charge in [0.25, 0.3) is 0 Å². The number of thiophene rings is 1. The minimum Gasteiger partial charge on any atom is -0.362 e. The van der Waals surface area contributed by atoms with Gasteiger partial charge in [-0.05, 0) is 42.5 Å². The van der Waals surface area contributed by atoms with E-state index in [1.54, 1.807) is 11.3 Å². The van der Waals surface area contributed by atoms with Gasteiger partial charge in [0.05, 0.1) is 11.6 Å². The monoisotopic (exact) mass is 282 g/mol. The van der Waals surface area contributed by atoms with Gasteiger partial charge in [0.15, 0.2) is 0 Å². The first-order valence-electron chi connectivity index (χ1n) is 6.94. The summed E-state index contributed by atoms with van der Waals surface area (Å²) in [7, 11) is 0. The van der Waals surface area contributed by atoms with E-state index >= 15 is 0 Å². The van der Waals surface area contributed by atoms with Crippen molar-refractivity contribution in [1.82, 2.24) is 4.98 Å². The fourth-order valence-corrected chi connectivity index (χ4v) is 3.26. The van der Waals surface area contributed by atoms with Crippen LogP contribution in [-0.4, -0.2) is 4.98 Å². The average Bonchev–Trinajstić information content (AvgIpc) is 2.99. The molecule has 1 N–H and O–H groups in total. The molecule has 0 fully saturated rings. The number of nitrogens with zero attached hydrogens (tertiary/aromatic N) is 1. The molecule has 0 radical (unpaired) electrons. The van der Waals surface area contributed by atoms with Gasteiger partial charge in [-0.25, -0.2) is 4.98 Å². The number of aryl methyl sites for hydroxylation is 1. The molecule has 1 atom stereocenters. The first-order chi connectivity index (χ1) is 9.78. The van der Waals surface area contributed by atoms with E-state index in [9.17, 15) is 0 Å². The van der Waals surface area contributed by atoms with Crippen LogP contribution in [0, 0.1) is 6.92 Å². The maximum atomic E-state index is 4.77. The lowest BCUT2D eigenvalue weighted by atomic mass is 10.1. The summed E-state index contributed by atoms with van der Waals surface area (Å²) in [5.74, 6) is 0.990. The molecule has 0 aliphatic rings. The topological polar surface area (TPSA) is 24.9 Å². The smallest absolute Gasteiger partial charge is 0.130 e. The summed E-state index contributed by atoms with van der Waals surface area (Å²) in [5, 5.41) is 6.91. The normalized spacial score (nSPS) is 12.5. The van der Waals surface area contributed by atoms with Gasteiger partial charge in [-0.2, -0.15) is 0 Å². The molecule has 0 spiro atoms. The number of nitrogens with one attached hydrogen (secondary N) is 1. The fraction of sp³-hybridized carbons (Fsp3) is 0.235. The fourth-order valence-electron chi connectivity index (χ4n) is 2.40. The van der Waals surface area contributed by atoms with Gasteiger partial charge in [-0.15, -0.1) is 11.3 Å². The first kappa shape index (κ1) is 13.1. The second kappa shape index (κ2) is 5.63. The van der Waals surface area contributed by atoms with Crippen LogP contribution in [0.3, 0.4) is 0 Å². The molecule has 1 unspecified atom stereocenters. The van der Waals surface area contributed by atoms with Gasteiger partial charge < -0.3 is 5.32 Å². The average molecular weight is 282 g/mol. The molecule has 102 valence electrons. The number of aromatic nitrogens is 1. The highest BCUT2D eigenvalue weighted by molar-refractivity contribution is 7.10. The lowest BCUT2D eigenvalue weighted by Crippen LogP contribution is -2.10. The van der Waals surface area contributed by atoms with E-state index in [0.717, 1.165) is 17.8 Å². The van der Waals surface area contributed by atoms with Crippen molar-refractivity contribution in [2.24, 2.45) is 0 Å². The summed E-state index contributed by atoms with van der Waals surface area (Å²) in [6, 6.07) is 15.1. The molecule has 20 heavy (non-hydrogen) atoms. The van der Waals surface area contributed by atoms with E-state index in [4.69, 9.17) is 4.98 Å². The van der Waals surface area contributed by atoms with Crippen LogP contribution < -0.4 is 5.32 Å². The van der Waals surface area contributed by atoms with Gasteiger partial charge in [0, 0.05) is 10.3 Å². The van der Waals surface area contributed by atoms with Crippen molar-refractivity contribution >= 4 is 28.1 Å². The highest BCUT2D eigenvalue weighted by atomic mass is 32.1. The van der Waals surface area contributed by atoms with E-state index in [0.29, 0.717) is 6.04 Å². The molecule has 0 amide bonds. The molecule has 3 heteroatoms. The van der Waals surface area contributed by atoms with Crippen LogP contribution in [0.4, 0.5) is 5.82 Å². The molecule has 2 heterocycles. The maximum absolute atomic E-state index is 4.77. The molecule has 0 bridgehead atoms. The Bertz CT molecular complexity index is 704. The molecule has 3 aromatic rings. The second-order valence-corrected chi connectivity index (χ2v) is 5.95. The Hall–Kier alpha value is -1.87. The standard InChI is InChI=1S/C17H18N2S/c1-3-14(16-9-6-10-20-16)18-17-12(2)11-13-7-4-5-8-15(13)19-17/h4-11,14H,3H2,1-2H3,(H,18,19). The SMILES string of the molecule is CCC(Nc1nc2ccccc2cc1C)c1cccs1. The van der Waals surface area contributed by atoms with Crippen LogP contribution in [0.25, 0.3) is 10.9 Å². The van der Waals surface area contributed by atoms with Crippen LogP contribution in [0.5, 0.6) is 0 Å². The van der Waals surface area contributed by atoms with E-state index < -0.39 is 0 Å². The minimum atomic E-state index is 0.336. The third-order valence-electron chi connectivity index (χ3n) is 3.52. The Morgan fingerprint density at radius 2 is 2.05 bits per heavy atom. The molecule has 0 aliphatic carbocycles. The number of anilines is 1. The summed E-state index contributed by atoms with van der Waals surface area (Å²) in [6.07, 6.45) is 1.05. The van der Waals surface area contributed by atoms with Gasteiger partial charge in [-0.1, -0.05) is 31.2 Å². The van der Waals surface area contributed by atoms with Crippen LogP contribution in [0.1, 0.15) is 29.8 Å². The van der Waals surface area contributed by atoms with Crippen LogP contribution in [0.2, 0.25) is 0 Å². The van der Waals surface area contributed by atoms with Gasteiger partial charge in [0.2, 0.25) is 0 Å². The molecular formula is C17H18N2S. The first-order valence-corrected chi connectivity index (χ1v) is 7.82. The van der Waals surface area contributed by atoms with Gasteiger partial charge >= 0.3 is 0 Å². The van der Waals surface area contributed by atoms with Crippen molar-refractivity contribution < 1.29 is 0 Å². The number of pyridine rings is 1. The summed E-state index contributed by atoms with van der Waals surface area (Å²) in [5.41, 5.74) is 2.24. The number of hydrogen-bond donors (Lipinski definition) is 1. The Kier molecular flexibility index (Phi) is 3.70. The molecule has 2 nitrogen and oxygen atoms in total. The largest absolute Gasteiger partial charge is 0.362 e. The molecule has 1 aromatic carbocycles. The number of rotatable bonds is 4. The van der Waals surface area contributed by atoms with E-state index in [2.05, 4.69) is 60.9 Å². The number of fused-ring (bicyclic) bond motifs is 1. The minimum absolute atomic E-state index is 0.336. The Morgan fingerprint density at radius 1 is 1.20 bits per heavy atom. The summed E-state index contributed by atoms with van der Waals surface area (Å²) < 4.78 is 0. The number of benzene rings is 1. The van der Waals surface area contributed by atoms with Gasteiger partial charge in [0.1, 0.15) is 5.82 Å². The summed E-state index contributed by atoms with van der Waals surface area (Å²) >= 11 is 1.79. The third-order valence-corrected chi connectivity index (χ3v) is 4.51. The van der Waals surface area contributed by atoms with E-state index in [1.807, 2.05) is 6.07 Å². The molecular weight excluding hydrogens is 264 g/mol. The zero-order valence-electron chi connectivity index (χ0n) is 11.8. The quantitative estimate of drug-likeness (QED) is 0.714. The highest BCUT2D eigenvalue weighted by Gasteiger charge is 2.12. The zero-order valence-corrected chi connectivity index (χ0v) is 12.6. The highest BCUT2D eigenvalue weighted by Crippen LogP contribution is 2.28. The molecule has 0 aliphatic heterocycles. The summed E-state index contributed by atoms with van der Waals surface area (Å²) in [6.45, 7) is 4.32. The Morgan fingerprint density at radius 3 is 2.80 bits per heavy atom. The Labute approximate surface area is 123 Å². The van der Waals surface area contributed by atoms with Crippen LogP contribution in [-0.2, 0) is 0 Å². The van der Waals surface area contributed by atoms with Gasteiger partial charge in [-0.3, -0.25) is 0 Å². The molecule has 0 saturated carbocycles. The lowest BCUT2D eigenvalue weighted by Gasteiger charge is -2.18. The second-order valence-electron chi connectivity index (χ2n) is 4.97. The predicted octanol–water partition coefficient (Wildman–Crippen LogP) is 5.17. The summed E-state index contributed by atoms with van der Waals surface area (Å²) in [4.78, 5) is 6.13. The van der Waals surface area contributed by atoms with E-state index in [1.165, 1.54) is 15.8 Å². The molecule has 2 aromatic heterocycles. The lowest BCUT2D eigenvalue weighted by molar-refractivity contribution is 0.758. The number of hydrogen-bond acceptors (Lipinski definition) is 3. The van der Waals surface area contributed by atoms with Crippen molar-refractivity contribution in [2.75, 3.05) is 5.32 Å². The molecule has 3 rings (SSSR count). The van der Waals surface area contributed by atoms with Crippen LogP contribution in [0.15, 0.2) is 47.8 Å². The molecule has 0 saturated heterocycles. The van der Waals surface area contributed by atoms with Crippen molar-refractivity contribution in [1.29, 1.82) is 0 Å². The van der Waals surface area contributed by atoms with Crippen molar-refractivity contribution in [3.8, 4) is 0 Å². The van der Waals surface area contributed by atoms with E-state index in [-0.39, 0.29) is 0 Å².